The van der Waals surface area contributed by atoms with Gasteiger partial charge < -0.3 is 0 Å². The molecule has 0 aliphatic carbocycles. The summed E-state index contributed by atoms with van der Waals surface area (Å²) in [6, 6.07) is 1.81. The first kappa shape index (κ1) is 6.79. The van der Waals surface area contributed by atoms with E-state index in [-0.39, 0.29) is 21.4 Å². The minimum absolute atomic E-state index is 0.389. The molecule has 4 heteroatoms. The van der Waals surface area contributed by atoms with Gasteiger partial charge in [-0.2, -0.15) is 0 Å². The second-order valence-electron chi connectivity index (χ2n) is 1.45. The molecule has 1 heterocycles. The van der Waals surface area contributed by atoms with E-state index in [1.165, 1.54) is 0 Å². The molecular weight excluding hydrogens is 221 g/mol. The van der Waals surface area contributed by atoms with Crippen molar-refractivity contribution in [1.29, 1.82) is 0 Å². The Hall–Kier alpha value is -0.321. The minimum atomic E-state index is -0.389. The predicted octanol–water partition coefficient (Wildman–Crippen LogP) is 0.556. The molecule has 0 fully saturated rings. The third kappa shape index (κ3) is 2.17. The van der Waals surface area contributed by atoms with Gasteiger partial charge in [-0.15, -0.1) is 0 Å². The third-order valence-corrected chi connectivity index (χ3v) is 2.15. The molecule has 0 atom stereocenters. The molecular formula is C5H7N3Sn. The van der Waals surface area contributed by atoms with E-state index in [9.17, 15) is 0 Å². The summed E-state index contributed by atoms with van der Waals surface area (Å²) in [5.74, 6) is 0.770. The van der Waals surface area contributed by atoms with Crippen molar-refractivity contribution >= 4 is 27.4 Å². The Kier molecular flexibility index (Phi) is 2.76. The van der Waals surface area contributed by atoms with Crippen molar-refractivity contribution < 1.29 is 0 Å². The summed E-state index contributed by atoms with van der Waals surface area (Å²) in [5, 5.41) is 0. The second kappa shape index (κ2) is 3.66. The predicted molar refractivity (Wildman–Crippen MR) is 37.3 cm³/mol. The van der Waals surface area contributed by atoms with Crippen molar-refractivity contribution in [3.05, 3.63) is 18.5 Å². The van der Waals surface area contributed by atoms with Crippen LogP contribution in [0.15, 0.2) is 18.5 Å². The number of rotatable bonds is 2. The average Bonchev–Trinajstić information content (AvgIpc) is 1.91. The van der Waals surface area contributed by atoms with Crippen LogP contribution in [0.3, 0.4) is 0 Å². The van der Waals surface area contributed by atoms with Gasteiger partial charge in [-0.1, -0.05) is 0 Å². The average molecular weight is 228 g/mol. The first-order chi connectivity index (χ1) is 4.43. The molecule has 1 rings (SSSR count). The molecule has 0 aliphatic rings. The van der Waals surface area contributed by atoms with E-state index in [1.807, 2.05) is 6.07 Å². The first-order valence-electron chi connectivity index (χ1n) is 2.63. The quantitative estimate of drug-likeness (QED) is 0.751. The van der Waals surface area contributed by atoms with Gasteiger partial charge >= 0.3 is 64.3 Å². The topological polar surface area (TPSA) is 37.8 Å². The van der Waals surface area contributed by atoms with Crippen molar-refractivity contribution in [2.24, 2.45) is 0 Å². The maximum atomic E-state index is 3.99. The van der Waals surface area contributed by atoms with Gasteiger partial charge in [0, 0.05) is 0 Å². The van der Waals surface area contributed by atoms with Crippen molar-refractivity contribution in [2.45, 2.75) is 4.94 Å². The standard InChI is InChI=1S/C4H4N3.CH3.Sn/c5-4-6-2-1-3-7-4;;/h1-3H,(H-,5,6,7);1H3;/q-1;;+1. The third-order valence-electron chi connectivity index (χ3n) is 0.803. The summed E-state index contributed by atoms with van der Waals surface area (Å²) in [4.78, 5) is 10.2. The molecule has 0 aliphatic heterocycles. The fourth-order valence-corrected chi connectivity index (χ4v) is 1.48. The molecule has 0 bridgehead atoms. The van der Waals surface area contributed by atoms with Crippen LogP contribution in [0.2, 0.25) is 4.94 Å². The van der Waals surface area contributed by atoms with Crippen molar-refractivity contribution in [2.75, 3.05) is 3.54 Å². The van der Waals surface area contributed by atoms with Gasteiger partial charge in [0.05, 0.1) is 0 Å². The summed E-state index contributed by atoms with van der Waals surface area (Å²) in [7, 11) is 0. The molecule has 0 aromatic carbocycles. The van der Waals surface area contributed by atoms with Crippen LogP contribution in [-0.4, -0.2) is 31.4 Å². The van der Waals surface area contributed by atoms with Crippen LogP contribution in [0, 0.1) is 0 Å². The van der Waals surface area contributed by atoms with Crippen LogP contribution in [0.5, 0.6) is 0 Å². The summed E-state index contributed by atoms with van der Waals surface area (Å²) in [6.45, 7) is 0. The number of anilines is 1. The zero-order valence-electron chi connectivity index (χ0n) is 5.13. The molecule has 9 heavy (non-hydrogen) atoms. The molecule has 1 N–H and O–H groups in total. The zero-order chi connectivity index (χ0) is 6.53. The summed E-state index contributed by atoms with van der Waals surface area (Å²) in [5.41, 5.74) is 0. The summed E-state index contributed by atoms with van der Waals surface area (Å²) >= 11 is -0.389. The van der Waals surface area contributed by atoms with Crippen molar-refractivity contribution in [3.8, 4) is 0 Å². The Morgan fingerprint density at radius 3 is 2.67 bits per heavy atom. The Morgan fingerprint density at radius 2 is 2.11 bits per heavy atom. The van der Waals surface area contributed by atoms with Gasteiger partial charge in [-0.3, -0.25) is 0 Å². The van der Waals surface area contributed by atoms with Crippen LogP contribution >= 0.6 is 0 Å². The molecule has 46 valence electrons. The van der Waals surface area contributed by atoms with Gasteiger partial charge in [0.15, 0.2) is 0 Å². The van der Waals surface area contributed by atoms with E-state index in [2.05, 4.69) is 18.4 Å². The van der Waals surface area contributed by atoms with Crippen molar-refractivity contribution in [3.63, 3.8) is 0 Å². The van der Waals surface area contributed by atoms with E-state index in [0.29, 0.717) is 0 Å². The monoisotopic (exact) mass is 229 g/mol. The maximum absolute atomic E-state index is 3.99. The molecule has 3 nitrogen and oxygen atoms in total. The molecule has 0 unspecified atom stereocenters. The van der Waals surface area contributed by atoms with E-state index >= 15 is 0 Å². The molecule has 0 amide bonds. The number of hydrogen-bond donors (Lipinski definition) is 1. The fourth-order valence-electron chi connectivity index (χ4n) is 0.475. The molecule has 0 saturated carbocycles. The van der Waals surface area contributed by atoms with Crippen LogP contribution in [0.4, 0.5) is 5.95 Å². The Morgan fingerprint density at radius 1 is 1.44 bits per heavy atom. The normalized spacial score (nSPS) is 9.00. The Labute approximate surface area is 64.5 Å². The molecule has 0 saturated heterocycles. The van der Waals surface area contributed by atoms with Crippen LogP contribution in [-0.2, 0) is 0 Å². The zero-order valence-corrected chi connectivity index (χ0v) is 7.98. The molecule has 1 aromatic rings. The van der Waals surface area contributed by atoms with Gasteiger partial charge in [0.25, 0.3) is 0 Å². The van der Waals surface area contributed by atoms with Crippen molar-refractivity contribution in [1.82, 2.24) is 9.97 Å². The van der Waals surface area contributed by atoms with Crippen LogP contribution in [0.1, 0.15) is 0 Å². The SMILES string of the molecule is [CH3][Sn][NH]c1ncccn1. The summed E-state index contributed by atoms with van der Waals surface area (Å²) < 4.78 is 3.16. The van der Waals surface area contributed by atoms with Gasteiger partial charge in [0.1, 0.15) is 0 Å². The summed E-state index contributed by atoms with van der Waals surface area (Å²) in [6.07, 6.45) is 3.48. The number of nitrogens with one attached hydrogen (secondary N) is 1. The Bertz CT molecular complexity index is 165. The Balaban J connectivity index is 2.61. The second-order valence-corrected chi connectivity index (χ2v) is 3.59. The fraction of sp³-hybridized carbons (Fsp3) is 0.200. The number of nitrogens with zero attached hydrogens (tertiary/aromatic N) is 2. The number of hydrogen-bond acceptors (Lipinski definition) is 3. The molecule has 1 aromatic heterocycles. The molecule has 0 spiro atoms. The first-order valence-corrected chi connectivity index (χ1v) is 6.91. The number of aromatic nitrogens is 2. The van der Waals surface area contributed by atoms with Crippen LogP contribution < -0.4 is 3.54 Å². The van der Waals surface area contributed by atoms with E-state index < -0.39 is 0 Å². The van der Waals surface area contributed by atoms with E-state index in [1.54, 1.807) is 12.4 Å². The van der Waals surface area contributed by atoms with E-state index in [0.717, 1.165) is 5.95 Å². The molecule has 2 radical (unpaired) electrons. The van der Waals surface area contributed by atoms with Crippen LogP contribution in [0.25, 0.3) is 0 Å². The van der Waals surface area contributed by atoms with Gasteiger partial charge in [-0.25, -0.2) is 0 Å². The van der Waals surface area contributed by atoms with Gasteiger partial charge in [-0.05, 0) is 0 Å². The van der Waals surface area contributed by atoms with Gasteiger partial charge in [0.2, 0.25) is 0 Å². The van der Waals surface area contributed by atoms with E-state index in [4.69, 9.17) is 0 Å².